The van der Waals surface area contributed by atoms with Crippen LogP contribution in [-0.4, -0.2) is 12.0 Å². The summed E-state index contributed by atoms with van der Waals surface area (Å²) in [6.45, 7) is 2.19. The standard InChI is InChI=1S/C13H15BrN2/c1-3-5-10-8-9-6-4-7-11(14)12(9)16-13(10)15-2/h4,6-8H,3,5H2,1-2H3,(H,15,16). The Labute approximate surface area is 104 Å². The van der Waals surface area contributed by atoms with Crippen LogP contribution >= 0.6 is 15.9 Å². The second-order valence-corrected chi connectivity index (χ2v) is 4.66. The van der Waals surface area contributed by atoms with E-state index in [2.05, 4.69) is 45.3 Å². The first-order valence-electron chi connectivity index (χ1n) is 5.52. The van der Waals surface area contributed by atoms with Crippen molar-refractivity contribution in [1.82, 2.24) is 4.98 Å². The second kappa shape index (κ2) is 4.83. The van der Waals surface area contributed by atoms with Crippen molar-refractivity contribution in [2.75, 3.05) is 12.4 Å². The lowest BCUT2D eigenvalue weighted by Crippen LogP contribution is -1.99. The van der Waals surface area contributed by atoms with Crippen molar-refractivity contribution in [1.29, 1.82) is 0 Å². The number of anilines is 1. The molecule has 2 aromatic rings. The minimum Gasteiger partial charge on any atom is -0.373 e. The summed E-state index contributed by atoms with van der Waals surface area (Å²) in [5.74, 6) is 0.987. The number of hydrogen-bond donors (Lipinski definition) is 1. The van der Waals surface area contributed by atoms with Crippen molar-refractivity contribution in [3.05, 3.63) is 34.3 Å². The zero-order valence-corrected chi connectivity index (χ0v) is 11.1. The van der Waals surface area contributed by atoms with Crippen molar-refractivity contribution in [3.63, 3.8) is 0 Å². The molecule has 0 unspecified atom stereocenters. The summed E-state index contributed by atoms with van der Waals surface area (Å²) in [5, 5.41) is 4.36. The molecule has 3 heteroatoms. The summed E-state index contributed by atoms with van der Waals surface area (Å²) in [5.41, 5.74) is 2.31. The van der Waals surface area contributed by atoms with Crippen LogP contribution in [-0.2, 0) is 6.42 Å². The van der Waals surface area contributed by atoms with Crippen molar-refractivity contribution in [2.24, 2.45) is 0 Å². The molecule has 0 atom stereocenters. The Morgan fingerprint density at radius 3 is 2.88 bits per heavy atom. The molecule has 0 radical (unpaired) electrons. The number of aryl methyl sites for hydroxylation is 1. The number of aromatic nitrogens is 1. The normalized spacial score (nSPS) is 10.7. The molecule has 2 nitrogen and oxygen atoms in total. The SMILES string of the molecule is CCCc1cc2cccc(Br)c2nc1NC. The van der Waals surface area contributed by atoms with Gasteiger partial charge in [0.2, 0.25) is 0 Å². The number of nitrogens with one attached hydrogen (secondary N) is 1. The molecule has 0 amide bonds. The van der Waals surface area contributed by atoms with E-state index in [4.69, 9.17) is 0 Å². The maximum absolute atomic E-state index is 4.65. The van der Waals surface area contributed by atoms with Crippen molar-refractivity contribution < 1.29 is 0 Å². The number of para-hydroxylation sites is 1. The lowest BCUT2D eigenvalue weighted by atomic mass is 10.1. The minimum atomic E-state index is 0.987. The monoisotopic (exact) mass is 278 g/mol. The van der Waals surface area contributed by atoms with E-state index in [0.717, 1.165) is 28.6 Å². The third-order valence-electron chi connectivity index (χ3n) is 2.63. The minimum absolute atomic E-state index is 0.987. The lowest BCUT2D eigenvalue weighted by molar-refractivity contribution is 0.919. The third kappa shape index (κ3) is 2.05. The first kappa shape index (κ1) is 11.4. The van der Waals surface area contributed by atoms with E-state index in [1.54, 1.807) is 0 Å². The highest BCUT2D eigenvalue weighted by Gasteiger charge is 2.06. The molecule has 0 spiro atoms. The predicted octanol–water partition coefficient (Wildman–Crippen LogP) is 3.99. The molecule has 84 valence electrons. The van der Waals surface area contributed by atoms with Crippen molar-refractivity contribution in [3.8, 4) is 0 Å². The molecule has 2 rings (SSSR count). The smallest absolute Gasteiger partial charge is 0.129 e. The van der Waals surface area contributed by atoms with Gasteiger partial charge < -0.3 is 5.32 Å². The van der Waals surface area contributed by atoms with Crippen LogP contribution in [0.5, 0.6) is 0 Å². The highest BCUT2D eigenvalue weighted by molar-refractivity contribution is 9.10. The summed E-state index contributed by atoms with van der Waals surface area (Å²) in [7, 11) is 1.92. The van der Waals surface area contributed by atoms with Crippen LogP contribution in [0, 0.1) is 0 Å². The molecule has 0 fully saturated rings. The topological polar surface area (TPSA) is 24.9 Å². The quantitative estimate of drug-likeness (QED) is 0.918. The molecule has 1 aromatic heterocycles. The van der Waals surface area contributed by atoms with Crippen LogP contribution in [0.25, 0.3) is 10.9 Å². The van der Waals surface area contributed by atoms with Crippen LogP contribution in [0.15, 0.2) is 28.7 Å². The summed E-state index contributed by atoms with van der Waals surface area (Å²) >= 11 is 3.53. The summed E-state index contributed by atoms with van der Waals surface area (Å²) in [4.78, 5) is 4.65. The van der Waals surface area contributed by atoms with E-state index in [0.29, 0.717) is 0 Å². The van der Waals surface area contributed by atoms with Crippen LogP contribution in [0.1, 0.15) is 18.9 Å². The van der Waals surface area contributed by atoms with E-state index in [1.165, 1.54) is 10.9 Å². The first-order chi connectivity index (χ1) is 7.76. The number of halogens is 1. The molecule has 0 saturated carbocycles. The number of benzene rings is 1. The fourth-order valence-electron chi connectivity index (χ4n) is 1.88. The average molecular weight is 279 g/mol. The Hall–Kier alpha value is -1.09. The van der Waals surface area contributed by atoms with Crippen molar-refractivity contribution >= 4 is 32.7 Å². The van der Waals surface area contributed by atoms with Crippen LogP contribution in [0.4, 0.5) is 5.82 Å². The van der Waals surface area contributed by atoms with E-state index in [1.807, 2.05) is 19.2 Å². The Morgan fingerprint density at radius 1 is 1.38 bits per heavy atom. The molecular weight excluding hydrogens is 264 g/mol. The number of fused-ring (bicyclic) bond motifs is 1. The Morgan fingerprint density at radius 2 is 2.19 bits per heavy atom. The van der Waals surface area contributed by atoms with Gasteiger partial charge in [0.05, 0.1) is 5.52 Å². The molecule has 0 bridgehead atoms. The Kier molecular flexibility index (Phi) is 3.44. The number of pyridine rings is 1. The van der Waals surface area contributed by atoms with Gasteiger partial charge in [-0.05, 0) is 40.0 Å². The molecule has 0 aliphatic carbocycles. The van der Waals surface area contributed by atoms with Gasteiger partial charge in [0.1, 0.15) is 5.82 Å². The number of nitrogens with zero attached hydrogens (tertiary/aromatic N) is 1. The molecule has 1 N–H and O–H groups in total. The molecule has 0 saturated heterocycles. The van der Waals surface area contributed by atoms with Gasteiger partial charge in [-0.3, -0.25) is 0 Å². The largest absolute Gasteiger partial charge is 0.373 e. The van der Waals surface area contributed by atoms with Crippen LogP contribution in [0.3, 0.4) is 0 Å². The molecule has 0 aliphatic heterocycles. The average Bonchev–Trinajstić information content (AvgIpc) is 2.29. The number of rotatable bonds is 3. The highest BCUT2D eigenvalue weighted by Crippen LogP contribution is 2.26. The molecule has 16 heavy (non-hydrogen) atoms. The van der Waals surface area contributed by atoms with Gasteiger partial charge in [0.25, 0.3) is 0 Å². The third-order valence-corrected chi connectivity index (χ3v) is 3.27. The summed E-state index contributed by atoms with van der Waals surface area (Å²) in [6, 6.07) is 8.39. The molecule has 0 aliphatic rings. The first-order valence-corrected chi connectivity index (χ1v) is 6.31. The fourth-order valence-corrected chi connectivity index (χ4v) is 2.35. The van der Waals surface area contributed by atoms with Gasteiger partial charge in [-0.2, -0.15) is 0 Å². The van der Waals surface area contributed by atoms with Crippen molar-refractivity contribution in [2.45, 2.75) is 19.8 Å². The summed E-state index contributed by atoms with van der Waals surface area (Å²) in [6.07, 6.45) is 2.20. The van der Waals surface area contributed by atoms with Gasteiger partial charge in [-0.15, -0.1) is 0 Å². The number of hydrogen-bond acceptors (Lipinski definition) is 2. The lowest BCUT2D eigenvalue weighted by Gasteiger charge is -2.10. The van der Waals surface area contributed by atoms with Gasteiger partial charge in [0, 0.05) is 16.9 Å². The zero-order valence-electron chi connectivity index (χ0n) is 9.55. The van der Waals surface area contributed by atoms with E-state index >= 15 is 0 Å². The van der Waals surface area contributed by atoms with E-state index < -0.39 is 0 Å². The maximum atomic E-state index is 4.65. The molecule has 1 aromatic carbocycles. The highest BCUT2D eigenvalue weighted by atomic mass is 79.9. The van der Waals surface area contributed by atoms with Gasteiger partial charge in [-0.1, -0.05) is 25.5 Å². The van der Waals surface area contributed by atoms with E-state index in [-0.39, 0.29) is 0 Å². The Balaban J connectivity index is 2.65. The second-order valence-electron chi connectivity index (χ2n) is 3.81. The fraction of sp³-hybridized carbons (Fsp3) is 0.308. The molecule has 1 heterocycles. The maximum Gasteiger partial charge on any atom is 0.129 e. The van der Waals surface area contributed by atoms with Gasteiger partial charge in [0.15, 0.2) is 0 Å². The van der Waals surface area contributed by atoms with E-state index in [9.17, 15) is 0 Å². The molecular formula is C13H15BrN2. The van der Waals surface area contributed by atoms with Crippen LogP contribution in [0.2, 0.25) is 0 Å². The summed E-state index contributed by atoms with van der Waals surface area (Å²) < 4.78 is 1.05. The Bertz CT molecular complexity index is 509. The van der Waals surface area contributed by atoms with Gasteiger partial charge >= 0.3 is 0 Å². The van der Waals surface area contributed by atoms with Gasteiger partial charge in [-0.25, -0.2) is 4.98 Å². The predicted molar refractivity (Wildman–Crippen MR) is 73.0 cm³/mol. The van der Waals surface area contributed by atoms with Crippen LogP contribution < -0.4 is 5.32 Å². The zero-order chi connectivity index (χ0) is 11.5.